The van der Waals surface area contributed by atoms with E-state index in [1.165, 1.54) is 23.6 Å². The molecule has 2 aromatic rings. The summed E-state index contributed by atoms with van der Waals surface area (Å²) in [7, 11) is 0. The molecule has 0 saturated carbocycles. The Morgan fingerprint density at radius 3 is 2.71 bits per heavy atom. The van der Waals surface area contributed by atoms with Crippen molar-refractivity contribution in [1.82, 2.24) is 4.98 Å². The number of benzene rings is 1. The van der Waals surface area contributed by atoms with Crippen LogP contribution in [0.3, 0.4) is 0 Å². The first-order valence-electron chi connectivity index (χ1n) is 8.67. The molecule has 148 valence electrons. The van der Waals surface area contributed by atoms with Crippen molar-refractivity contribution in [1.29, 1.82) is 0 Å². The molecule has 0 saturated heterocycles. The Morgan fingerprint density at radius 1 is 1.29 bits per heavy atom. The third-order valence-corrected chi connectivity index (χ3v) is 6.08. The molecule has 8 heteroatoms. The van der Waals surface area contributed by atoms with E-state index in [1.54, 1.807) is 17.5 Å². The van der Waals surface area contributed by atoms with Gasteiger partial charge in [0, 0.05) is 29.1 Å². The number of hydrogen-bond donors (Lipinski definition) is 1. The Bertz CT molecular complexity index is 945. The molecular formula is C20H19F3N2O2S. The monoisotopic (exact) mass is 408 g/mol. The van der Waals surface area contributed by atoms with Gasteiger partial charge in [-0.3, -0.25) is 4.99 Å². The molecule has 0 radical (unpaired) electrons. The molecule has 1 unspecified atom stereocenters. The lowest BCUT2D eigenvalue weighted by Gasteiger charge is -2.30. The van der Waals surface area contributed by atoms with Gasteiger partial charge in [0.2, 0.25) is 0 Å². The van der Waals surface area contributed by atoms with E-state index in [0.29, 0.717) is 24.2 Å². The number of thiazole rings is 1. The summed E-state index contributed by atoms with van der Waals surface area (Å²) >= 11 is 1.36. The van der Waals surface area contributed by atoms with E-state index in [9.17, 15) is 23.1 Å². The van der Waals surface area contributed by atoms with Crippen molar-refractivity contribution in [2.24, 2.45) is 10.9 Å². The third-order valence-electron chi connectivity index (χ3n) is 4.90. The van der Waals surface area contributed by atoms with Crippen molar-refractivity contribution in [2.75, 3.05) is 6.54 Å². The lowest BCUT2D eigenvalue weighted by molar-refractivity contribution is -0.137. The number of nitrogens with zero attached hydrogens (tertiary/aromatic N) is 2. The highest BCUT2D eigenvalue weighted by molar-refractivity contribution is 7.10. The quantitative estimate of drug-likeness (QED) is 0.756. The van der Waals surface area contributed by atoms with E-state index in [2.05, 4.69) is 9.98 Å². The summed E-state index contributed by atoms with van der Waals surface area (Å²) in [6.07, 6.45) is -0.677. The van der Waals surface area contributed by atoms with Crippen LogP contribution in [0.4, 0.5) is 13.2 Å². The van der Waals surface area contributed by atoms with Gasteiger partial charge in [-0.15, -0.1) is 11.3 Å². The molecule has 1 aromatic carbocycles. The van der Waals surface area contributed by atoms with Crippen molar-refractivity contribution < 1.29 is 23.1 Å². The van der Waals surface area contributed by atoms with E-state index in [-0.39, 0.29) is 11.5 Å². The highest BCUT2D eigenvalue weighted by Gasteiger charge is 2.34. The fourth-order valence-electron chi connectivity index (χ4n) is 3.13. The van der Waals surface area contributed by atoms with Crippen molar-refractivity contribution in [2.45, 2.75) is 31.9 Å². The number of halogens is 3. The molecule has 1 aliphatic rings. The Kier molecular flexibility index (Phi) is 5.43. The molecule has 1 N–H and O–H groups in total. The Morgan fingerprint density at radius 2 is 2.04 bits per heavy atom. The Balaban J connectivity index is 1.93. The molecule has 0 spiro atoms. The van der Waals surface area contributed by atoms with Gasteiger partial charge in [-0.2, -0.15) is 13.2 Å². The number of aromatic nitrogens is 1. The second kappa shape index (κ2) is 7.50. The average Bonchev–Trinajstić information content (AvgIpc) is 2.99. The summed E-state index contributed by atoms with van der Waals surface area (Å²) in [6, 6.07) is 5.09. The molecule has 1 aromatic heterocycles. The highest BCUT2D eigenvalue weighted by atomic mass is 32.1. The zero-order chi connectivity index (χ0) is 20.5. The summed E-state index contributed by atoms with van der Waals surface area (Å²) in [5.74, 6) is -1.14. The maximum absolute atomic E-state index is 13.0. The van der Waals surface area contributed by atoms with Crippen LogP contribution in [0.5, 0.6) is 0 Å². The number of carboxylic acid groups (broad SMARTS) is 1. The minimum absolute atomic E-state index is 0.110. The third kappa shape index (κ3) is 4.16. The second-order valence-electron chi connectivity index (χ2n) is 7.20. The zero-order valence-electron chi connectivity index (χ0n) is 15.3. The van der Waals surface area contributed by atoms with Gasteiger partial charge in [0.1, 0.15) is 0 Å². The van der Waals surface area contributed by atoms with Crippen molar-refractivity contribution in [3.63, 3.8) is 0 Å². The van der Waals surface area contributed by atoms with Crippen LogP contribution in [0.25, 0.3) is 11.3 Å². The number of carboxylic acids is 1. The number of rotatable bonds is 4. The largest absolute Gasteiger partial charge is 0.478 e. The van der Waals surface area contributed by atoms with Crippen molar-refractivity contribution in [3.8, 4) is 11.3 Å². The molecule has 0 aliphatic carbocycles. The van der Waals surface area contributed by atoms with Gasteiger partial charge in [-0.25, -0.2) is 9.78 Å². The van der Waals surface area contributed by atoms with Gasteiger partial charge < -0.3 is 5.11 Å². The van der Waals surface area contributed by atoms with Gasteiger partial charge >= 0.3 is 12.1 Å². The number of aliphatic carboxylic acids is 1. The number of allylic oxidation sites excluding steroid dienone is 1. The molecule has 0 bridgehead atoms. The summed E-state index contributed by atoms with van der Waals surface area (Å²) in [5, 5.41) is 11.8. The molecular weight excluding hydrogens is 389 g/mol. The maximum Gasteiger partial charge on any atom is 0.416 e. The molecule has 0 fully saturated rings. The van der Waals surface area contributed by atoms with Crippen LogP contribution in [-0.4, -0.2) is 28.8 Å². The molecule has 28 heavy (non-hydrogen) atoms. The molecule has 4 nitrogen and oxygen atoms in total. The summed E-state index contributed by atoms with van der Waals surface area (Å²) in [5.41, 5.74) is -0.177. The Hall–Kier alpha value is -2.48. The van der Waals surface area contributed by atoms with E-state index in [4.69, 9.17) is 0 Å². The summed E-state index contributed by atoms with van der Waals surface area (Å²) < 4.78 is 38.9. The standard InChI is InChI=1S/C20H19F3N2O2S/c1-19(2,14-6-7-24-10-13(9-14)17(26)27)18-25-16(11-28-18)12-4-3-5-15(8-12)20(21,22)23/h3-5,8-11,14H,6-7H2,1-2H3,(H,26,27). The SMILES string of the molecule is CC(C)(c1nc(-c2cccc(C(F)(F)F)c2)cs1)C1C=C(C(=O)O)C=NCC1. The minimum atomic E-state index is -4.41. The lowest BCUT2D eigenvalue weighted by atomic mass is 9.76. The van der Waals surface area contributed by atoms with Gasteiger partial charge in [0.25, 0.3) is 0 Å². The second-order valence-corrected chi connectivity index (χ2v) is 8.05. The first-order valence-corrected chi connectivity index (χ1v) is 9.55. The van der Waals surface area contributed by atoms with Gasteiger partial charge in [-0.05, 0) is 24.5 Å². The average molecular weight is 408 g/mol. The smallest absolute Gasteiger partial charge is 0.416 e. The first kappa shape index (κ1) is 20.3. The Labute approximate surface area is 164 Å². The normalized spacial score (nSPS) is 17.9. The topological polar surface area (TPSA) is 62.5 Å². The molecule has 2 heterocycles. The van der Waals surface area contributed by atoms with E-state index in [0.717, 1.165) is 17.1 Å². The number of carbonyl (C=O) groups is 1. The van der Waals surface area contributed by atoms with Gasteiger partial charge in [-0.1, -0.05) is 32.1 Å². The van der Waals surface area contributed by atoms with Gasteiger partial charge in [0.15, 0.2) is 0 Å². The van der Waals surface area contributed by atoms with Crippen LogP contribution in [0.2, 0.25) is 0 Å². The van der Waals surface area contributed by atoms with Gasteiger partial charge in [0.05, 0.1) is 21.8 Å². The van der Waals surface area contributed by atoms with E-state index in [1.807, 2.05) is 13.8 Å². The van der Waals surface area contributed by atoms with Crippen LogP contribution in [0.1, 0.15) is 30.8 Å². The lowest BCUT2D eigenvalue weighted by Crippen LogP contribution is -2.28. The van der Waals surface area contributed by atoms with Crippen LogP contribution >= 0.6 is 11.3 Å². The van der Waals surface area contributed by atoms with Crippen molar-refractivity contribution in [3.05, 3.63) is 51.9 Å². The fourth-order valence-corrected chi connectivity index (χ4v) is 4.15. The molecule has 0 amide bonds. The first-order chi connectivity index (χ1) is 13.1. The van der Waals surface area contributed by atoms with Crippen molar-refractivity contribution >= 4 is 23.5 Å². The molecule has 1 aliphatic heterocycles. The summed E-state index contributed by atoms with van der Waals surface area (Å²) in [6.45, 7) is 4.44. The predicted octanol–water partition coefficient (Wildman–Crippen LogP) is 5.21. The highest BCUT2D eigenvalue weighted by Crippen LogP contribution is 2.40. The van der Waals surface area contributed by atoms with E-state index >= 15 is 0 Å². The van der Waals surface area contributed by atoms with Crippen LogP contribution < -0.4 is 0 Å². The number of aliphatic imine (C=N–C) groups is 1. The van der Waals surface area contributed by atoms with Crippen LogP contribution in [0, 0.1) is 5.92 Å². The van der Waals surface area contributed by atoms with Crippen LogP contribution in [0.15, 0.2) is 46.3 Å². The number of alkyl halides is 3. The minimum Gasteiger partial charge on any atom is -0.478 e. The van der Waals surface area contributed by atoms with E-state index < -0.39 is 23.1 Å². The molecule has 3 rings (SSSR count). The maximum atomic E-state index is 13.0. The predicted molar refractivity (Wildman–Crippen MR) is 103 cm³/mol. The zero-order valence-corrected chi connectivity index (χ0v) is 16.1. The number of hydrogen-bond acceptors (Lipinski definition) is 4. The molecule has 1 atom stereocenters. The summed E-state index contributed by atoms with van der Waals surface area (Å²) in [4.78, 5) is 20.1. The fraction of sp³-hybridized carbons (Fsp3) is 0.350. The van der Waals surface area contributed by atoms with Crippen LogP contribution in [-0.2, 0) is 16.4 Å².